The first kappa shape index (κ1) is 26.0. The number of aromatic nitrogens is 1. The summed E-state index contributed by atoms with van der Waals surface area (Å²) in [5.41, 5.74) is 2.64. The Morgan fingerprint density at radius 3 is 2.17 bits per heavy atom. The van der Waals surface area contributed by atoms with Crippen molar-refractivity contribution in [2.45, 2.75) is 76.5 Å². The quantitative estimate of drug-likeness (QED) is 0.360. The normalized spacial score (nSPS) is 21.7. The molecule has 1 N–H and O–H groups in total. The molecular formula is C31H43N2OS+. The maximum Gasteiger partial charge on any atom is 0.202 e. The van der Waals surface area contributed by atoms with Crippen LogP contribution < -0.4 is 4.90 Å². The lowest BCUT2D eigenvalue weighted by Crippen LogP contribution is -3.11. The fourth-order valence-electron chi connectivity index (χ4n) is 5.79. The number of hydrogen-bond donors (Lipinski definition) is 2. The van der Waals surface area contributed by atoms with Gasteiger partial charge in [0.1, 0.15) is 6.54 Å². The lowest BCUT2D eigenvalue weighted by Gasteiger charge is -2.29. The minimum absolute atomic E-state index is 0.320. The molecule has 2 heterocycles. The second kappa shape index (κ2) is 13.9. The standard InChI is InChI=1S/C24H34N2O.C7H8S/c1-2-19-13-15-26(16-14-19)18-22-17-25-24(27-22)23(20-9-5-3-6-10-20)21-11-7-4-8-12-21;8-6-7-4-2-1-3-5-7/h3,5-6,9-10,17,19,21,23H,2,4,7-8,11-16,18H2,1H3;1-5,8H,6H2/p+1. The van der Waals surface area contributed by atoms with E-state index in [4.69, 9.17) is 9.40 Å². The number of rotatable bonds is 7. The average molecular weight is 492 g/mol. The smallest absolute Gasteiger partial charge is 0.202 e. The molecule has 1 aliphatic heterocycles. The number of likely N-dealkylation sites (tertiary alicyclic amines) is 1. The summed E-state index contributed by atoms with van der Waals surface area (Å²) in [6.45, 7) is 5.88. The van der Waals surface area contributed by atoms with Crippen molar-refractivity contribution in [1.82, 2.24) is 4.98 Å². The summed E-state index contributed by atoms with van der Waals surface area (Å²) >= 11 is 4.11. The number of quaternary nitrogens is 1. The van der Waals surface area contributed by atoms with Crippen molar-refractivity contribution in [3.8, 4) is 0 Å². The van der Waals surface area contributed by atoms with E-state index in [1.807, 2.05) is 24.4 Å². The summed E-state index contributed by atoms with van der Waals surface area (Å²) in [6.07, 6.45) is 12.7. The molecule has 1 aromatic heterocycles. The highest BCUT2D eigenvalue weighted by molar-refractivity contribution is 7.79. The van der Waals surface area contributed by atoms with Crippen LogP contribution >= 0.6 is 12.6 Å². The highest BCUT2D eigenvalue weighted by Crippen LogP contribution is 2.40. The fourth-order valence-corrected chi connectivity index (χ4v) is 6.00. The highest BCUT2D eigenvalue weighted by Gasteiger charge is 2.31. The molecule has 0 amide bonds. The molecular weight excluding hydrogens is 448 g/mol. The first-order chi connectivity index (χ1) is 17.3. The zero-order chi connectivity index (χ0) is 24.3. The number of thiol groups is 1. The first-order valence-electron chi connectivity index (χ1n) is 13.7. The van der Waals surface area contributed by atoms with E-state index in [0.29, 0.717) is 11.8 Å². The largest absolute Gasteiger partial charge is 0.439 e. The Kier molecular flexibility index (Phi) is 10.3. The topological polar surface area (TPSA) is 30.5 Å². The van der Waals surface area contributed by atoms with Crippen molar-refractivity contribution >= 4 is 12.6 Å². The van der Waals surface area contributed by atoms with Gasteiger partial charge < -0.3 is 9.32 Å². The molecule has 2 aromatic carbocycles. The van der Waals surface area contributed by atoms with Crippen LogP contribution in [0, 0.1) is 11.8 Å². The van der Waals surface area contributed by atoms with Crippen molar-refractivity contribution in [2.24, 2.45) is 11.8 Å². The third kappa shape index (κ3) is 7.72. The van der Waals surface area contributed by atoms with Gasteiger partial charge in [-0.1, -0.05) is 93.3 Å². The third-order valence-corrected chi connectivity index (χ3v) is 8.32. The molecule has 0 spiro atoms. The molecule has 2 aliphatic rings. The SMILES string of the molecule is CCC1CC[NH+](Cc2cnc(C(c3ccccc3)C3CCCCC3)o2)CC1.SCc1ccccc1. The van der Waals surface area contributed by atoms with Gasteiger partial charge in [0.25, 0.3) is 0 Å². The molecule has 4 heteroatoms. The van der Waals surface area contributed by atoms with Crippen LogP contribution in [-0.4, -0.2) is 18.1 Å². The van der Waals surface area contributed by atoms with Gasteiger partial charge in [0.05, 0.1) is 25.2 Å². The predicted octanol–water partition coefficient (Wildman–Crippen LogP) is 6.71. The minimum Gasteiger partial charge on any atom is -0.439 e. The van der Waals surface area contributed by atoms with E-state index in [1.165, 1.54) is 75.6 Å². The molecule has 1 saturated carbocycles. The number of piperidine rings is 1. The number of nitrogens with zero attached hydrogens (tertiary/aromatic N) is 1. The van der Waals surface area contributed by atoms with E-state index in [9.17, 15) is 0 Å². The van der Waals surface area contributed by atoms with Crippen molar-refractivity contribution in [2.75, 3.05) is 13.1 Å². The van der Waals surface area contributed by atoms with E-state index < -0.39 is 0 Å². The fraction of sp³-hybridized carbons (Fsp3) is 0.516. The Morgan fingerprint density at radius 2 is 1.57 bits per heavy atom. The zero-order valence-electron chi connectivity index (χ0n) is 21.4. The summed E-state index contributed by atoms with van der Waals surface area (Å²) in [6, 6.07) is 21.1. The molecule has 1 saturated heterocycles. The monoisotopic (exact) mass is 491 g/mol. The van der Waals surface area contributed by atoms with Crippen LogP contribution in [0.4, 0.5) is 0 Å². The summed E-state index contributed by atoms with van der Waals surface area (Å²) in [5, 5.41) is 0. The summed E-state index contributed by atoms with van der Waals surface area (Å²) in [4.78, 5) is 6.45. The highest BCUT2D eigenvalue weighted by atomic mass is 32.1. The zero-order valence-corrected chi connectivity index (χ0v) is 22.3. The predicted molar refractivity (Wildman–Crippen MR) is 148 cm³/mol. The van der Waals surface area contributed by atoms with Gasteiger partial charge in [-0.3, -0.25) is 0 Å². The van der Waals surface area contributed by atoms with Crippen LogP contribution in [0.25, 0.3) is 0 Å². The van der Waals surface area contributed by atoms with Crippen LogP contribution in [0.3, 0.4) is 0 Å². The Labute approximate surface area is 217 Å². The summed E-state index contributed by atoms with van der Waals surface area (Å²) in [5.74, 6) is 4.78. The molecule has 0 bridgehead atoms. The van der Waals surface area contributed by atoms with E-state index in [0.717, 1.165) is 29.9 Å². The van der Waals surface area contributed by atoms with E-state index >= 15 is 0 Å². The second-order valence-corrected chi connectivity index (χ2v) is 10.7. The summed E-state index contributed by atoms with van der Waals surface area (Å²) in [7, 11) is 0. The van der Waals surface area contributed by atoms with Crippen LogP contribution in [0.15, 0.2) is 71.3 Å². The lowest BCUT2D eigenvalue weighted by atomic mass is 9.77. The number of nitrogens with one attached hydrogen (secondary N) is 1. The van der Waals surface area contributed by atoms with Gasteiger partial charge in [-0.25, -0.2) is 4.98 Å². The number of hydrogen-bond acceptors (Lipinski definition) is 3. The van der Waals surface area contributed by atoms with Gasteiger partial charge in [0.15, 0.2) is 5.76 Å². The molecule has 0 radical (unpaired) electrons. The van der Waals surface area contributed by atoms with Crippen molar-refractivity contribution < 1.29 is 9.32 Å². The van der Waals surface area contributed by atoms with Gasteiger partial charge in [-0.15, -0.1) is 0 Å². The van der Waals surface area contributed by atoms with Gasteiger partial charge in [-0.05, 0) is 48.6 Å². The maximum atomic E-state index is 6.38. The molecule has 1 atom stereocenters. The maximum absolute atomic E-state index is 6.38. The number of benzene rings is 2. The molecule has 188 valence electrons. The van der Waals surface area contributed by atoms with Crippen LogP contribution in [0.1, 0.15) is 87.0 Å². The van der Waals surface area contributed by atoms with Gasteiger partial charge in [0.2, 0.25) is 5.89 Å². The Morgan fingerprint density at radius 1 is 0.914 bits per heavy atom. The lowest BCUT2D eigenvalue weighted by molar-refractivity contribution is -0.920. The van der Waals surface area contributed by atoms with E-state index in [2.05, 4.69) is 62.0 Å². The molecule has 5 rings (SSSR count). The van der Waals surface area contributed by atoms with Crippen molar-refractivity contribution in [1.29, 1.82) is 0 Å². The van der Waals surface area contributed by atoms with E-state index in [1.54, 1.807) is 4.90 Å². The average Bonchev–Trinajstić information content (AvgIpc) is 3.39. The Bertz CT molecular complexity index is 960. The molecule has 35 heavy (non-hydrogen) atoms. The van der Waals surface area contributed by atoms with Crippen LogP contribution in [0.2, 0.25) is 0 Å². The second-order valence-electron chi connectivity index (χ2n) is 10.4. The Hall–Kier alpha value is -2.04. The van der Waals surface area contributed by atoms with Crippen molar-refractivity contribution in [3.05, 3.63) is 89.6 Å². The van der Waals surface area contributed by atoms with Crippen LogP contribution in [-0.2, 0) is 12.3 Å². The minimum atomic E-state index is 0.320. The Balaban J connectivity index is 0.000000308. The molecule has 2 fully saturated rings. The number of oxazole rings is 1. The molecule has 1 unspecified atom stereocenters. The summed E-state index contributed by atoms with van der Waals surface area (Å²) < 4.78 is 6.38. The molecule has 1 aliphatic carbocycles. The third-order valence-electron chi connectivity index (χ3n) is 7.96. The first-order valence-corrected chi connectivity index (χ1v) is 14.4. The van der Waals surface area contributed by atoms with E-state index in [-0.39, 0.29) is 0 Å². The van der Waals surface area contributed by atoms with Gasteiger partial charge >= 0.3 is 0 Å². The van der Waals surface area contributed by atoms with Gasteiger partial charge in [-0.2, -0.15) is 12.6 Å². The van der Waals surface area contributed by atoms with Gasteiger partial charge in [0, 0.05) is 5.75 Å². The van der Waals surface area contributed by atoms with Crippen molar-refractivity contribution in [3.63, 3.8) is 0 Å². The van der Waals surface area contributed by atoms with Crippen LogP contribution in [0.5, 0.6) is 0 Å². The molecule has 3 nitrogen and oxygen atoms in total. The molecule has 3 aromatic rings.